The zero-order chi connectivity index (χ0) is 30.8. The molecule has 2 aromatic heterocycles. The summed E-state index contributed by atoms with van der Waals surface area (Å²) in [5, 5.41) is 0. The summed E-state index contributed by atoms with van der Waals surface area (Å²) in [4.78, 5) is 27.4. The minimum atomic E-state index is -0.405. The van der Waals surface area contributed by atoms with Crippen molar-refractivity contribution in [2.75, 3.05) is 47.0 Å². The molecule has 1 aliphatic carbocycles. The van der Waals surface area contributed by atoms with Crippen LogP contribution in [-0.4, -0.2) is 47.4 Å². The maximum Gasteiger partial charge on any atom is 0.178 e. The van der Waals surface area contributed by atoms with Crippen LogP contribution < -0.4 is 19.6 Å². The van der Waals surface area contributed by atoms with E-state index in [4.69, 9.17) is 9.97 Å². The van der Waals surface area contributed by atoms with E-state index in [0.717, 1.165) is 41.1 Å². The maximum absolute atomic E-state index is 4.72. The van der Waals surface area contributed by atoms with Crippen LogP contribution in [0, 0.1) is 0 Å². The predicted octanol–water partition coefficient (Wildman–Crippen LogP) is 6.91. The van der Waals surface area contributed by atoms with Gasteiger partial charge in [-0.1, -0.05) is 72.8 Å². The number of hydrogen-bond donors (Lipinski definition) is 0. The molecule has 8 nitrogen and oxygen atoms in total. The van der Waals surface area contributed by atoms with Crippen molar-refractivity contribution in [3.8, 4) is 11.1 Å². The molecule has 2 aliphatic heterocycles. The zero-order valence-electron chi connectivity index (χ0n) is 25.7. The molecule has 0 atom stereocenters. The molecule has 3 aliphatic rings. The molecule has 0 radical (unpaired) electrons. The fourth-order valence-electron chi connectivity index (χ4n) is 7.67. The third-order valence-electron chi connectivity index (χ3n) is 9.67. The van der Waals surface area contributed by atoms with Gasteiger partial charge in [0.2, 0.25) is 0 Å². The number of hydrogen-bond acceptors (Lipinski definition) is 8. The van der Waals surface area contributed by atoms with Gasteiger partial charge in [-0.05, 0) is 64.1 Å². The minimum absolute atomic E-state index is 0.405. The highest BCUT2D eigenvalue weighted by atomic mass is 15.4. The topological polar surface area (TPSA) is 64.5 Å². The van der Waals surface area contributed by atoms with Gasteiger partial charge in [-0.15, -0.1) is 0 Å². The van der Waals surface area contributed by atoms with Crippen molar-refractivity contribution in [1.29, 1.82) is 0 Å². The lowest BCUT2D eigenvalue weighted by molar-refractivity contribution is 0.629. The largest absolute Gasteiger partial charge is 0.338 e. The molecule has 0 unspecified atom stereocenters. The van der Waals surface area contributed by atoms with Crippen LogP contribution in [0.4, 0.5) is 34.6 Å². The van der Waals surface area contributed by atoms with Gasteiger partial charge < -0.3 is 19.6 Å². The summed E-state index contributed by atoms with van der Waals surface area (Å²) in [5.74, 6) is 3.57. The average Bonchev–Trinajstić information content (AvgIpc) is 3.73. The number of aromatic nitrogens is 4. The molecule has 4 heterocycles. The molecule has 0 fully saturated rings. The van der Waals surface area contributed by atoms with Crippen LogP contribution in [0.2, 0.25) is 0 Å². The van der Waals surface area contributed by atoms with Crippen molar-refractivity contribution < 1.29 is 0 Å². The van der Waals surface area contributed by atoms with Crippen LogP contribution in [0.5, 0.6) is 0 Å². The summed E-state index contributed by atoms with van der Waals surface area (Å²) in [5.41, 5.74) is 9.57. The van der Waals surface area contributed by atoms with Crippen LogP contribution in [0.15, 0.2) is 122 Å². The van der Waals surface area contributed by atoms with Gasteiger partial charge in [0, 0.05) is 50.3 Å². The fourth-order valence-corrected chi connectivity index (χ4v) is 7.67. The van der Waals surface area contributed by atoms with Crippen molar-refractivity contribution >= 4 is 34.6 Å². The van der Waals surface area contributed by atoms with Gasteiger partial charge in [0.05, 0.1) is 18.8 Å². The maximum atomic E-state index is 4.72. The zero-order valence-corrected chi connectivity index (χ0v) is 25.7. The lowest BCUT2D eigenvalue weighted by Gasteiger charge is -2.34. The Morgan fingerprint density at radius 3 is 1.63 bits per heavy atom. The van der Waals surface area contributed by atoms with E-state index in [9.17, 15) is 0 Å². The molecule has 6 aromatic rings. The van der Waals surface area contributed by atoms with E-state index < -0.39 is 5.41 Å². The molecular formula is C38H32N8. The molecule has 0 spiro atoms. The summed E-state index contributed by atoms with van der Waals surface area (Å²) in [6.45, 7) is 1.40. The van der Waals surface area contributed by atoms with Crippen LogP contribution in [0.25, 0.3) is 11.1 Å². The van der Waals surface area contributed by atoms with Crippen LogP contribution in [-0.2, 0) is 11.8 Å². The second kappa shape index (κ2) is 10.1. The number of benzene rings is 4. The molecule has 0 saturated heterocycles. The van der Waals surface area contributed by atoms with Gasteiger partial charge in [0.15, 0.2) is 23.3 Å². The number of nitrogens with zero attached hydrogens (tertiary/aromatic N) is 8. The van der Waals surface area contributed by atoms with Gasteiger partial charge >= 0.3 is 0 Å². The SMILES string of the molecule is CN1CN(c2cccc(CC3(c4cccc(N5CN(C)c6nccnc65)c4)c4ccccc4-c4ccccc43)c2)c2nccnc21. The first-order valence-electron chi connectivity index (χ1n) is 15.6. The smallest absolute Gasteiger partial charge is 0.178 e. The third-order valence-corrected chi connectivity index (χ3v) is 9.67. The van der Waals surface area contributed by atoms with Crippen LogP contribution in [0.1, 0.15) is 22.3 Å². The van der Waals surface area contributed by atoms with Gasteiger partial charge in [-0.25, -0.2) is 19.9 Å². The Kier molecular flexibility index (Phi) is 5.87. The molecule has 46 heavy (non-hydrogen) atoms. The molecule has 0 saturated carbocycles. The first-order valence-corrected chi connectivity index (χ1v) is 15.6. The summed E-state index contributed by atoms with van der Waals surface area (Å²) in [6.07, 6.45) is 7.86. The van der Waals surface area contributed by atoms with E-state index in [1.165, 1.54) is 33.4 Å². The Labute approximate surface area is 268 Å². The molecule has 224 valence electrons. The van der Waals surface area contributed by atoms with Crippen LogP contribution >= 0.6 is 0 Å². The summed E-state index contributed by atoms with van der Waals surface area (Å²) in [7, 11) is 4.13. The summed E-state index contributed by atoms with van der Waals surface area (Å²) >= 11 is 0. The highest BCUT2D eigenvalue weighted by Gasteiger charge is 2.45. The van der Waals surface area contributed by atoms with Gasteiger partial charge in [-0.2, -0.15) is 0 Å². The molecule has 8 heteroatoms. The van der Waals surface area contributed by atoms with E-state index in [0.29, 0.717) is 13.3 Å². The second-order valence-electron chi connectivity index (χ2n) is 12.3. The monoisotopic (exact) mass is 600 g/mol. The third kappa shape index (κ3) is 3.86. The predicted molar refractivity (Wildman–Crippen MR) is 183 cm³/mol. The van der Waals surface area contributed by atoms with Gasteiger partial charge in [-0.3, -0.25) is 0 Å². The molecule has 0 amide bonds. The van der Waals surface area contributed by atoms with Crippen molar-refractivity contribution in [2.45, 2.75) is 11.8 Å². The Bertz CT molecular complexity index is 2080. The first-order chi connectivity index (χ1) is 22.6. The lowest BCUT2D eigenvalue weighted by atomic mass is 9.68. The van der Waals surface area contributed by atoms with Gasteiger partial charge in [0.1, 0.15) is 0 Å². The normalized spacial score (nSPS) is 15.5. The number of anilines is 6. The highest BCUT2D eigenvalue weighted by Crippen LogP contribution is 2.55. The Hall–Kier alpha value is -5.76. The molecule has 0 bridgehead atoms. The van der Waals surface area contributed by atoms with E-state index in [-0.39, 0.29) is 0 Å². The Morgan fingerprint density at radius 1 is 0.543 bits per heavy atom. The van der Waals surface area contributed by atoms with Gasteiger partial charge in [0.25, 0.3) is 0 Å². The summed E-state index contributed by atoms with van der Waals surface area (Å²) < 4.78 is 0. The van der Waals surface area contributed by atoms with Crippen molar-refractivity contribution in [2.24, 2.45) is 0 Å². The molecule has 0 N–H and O–H groups in total. The van der Waals surface area contributed by atoms with Crippen molar-refractivity contribution in [3.05, 3.63) is 144 Å². The minimum Gasteiger partial charge on any atom is -0.338 e. The molecule has 9 rings (SSSR count). The Morgan fingerprint density at radius 2 is 1.04 bits per heavy atom. The molecular weight excluding hydrogens is 568 g/mol. The van der Waals surface area contributed by atoms with Crippen LogP contribution in [0.3, 0.4) is 0 Å². The summed E-state index contributed by atoms with van der Waals surface area (Å²) in [6, 6.07) is 35.8. The van der Waals surface area contributed by atoms with E-state index in [1.807, 2.05) is 0 Å². The number of rotatable bonds is 5. The molecule has 4 aromatic carbocycles. The second-order valence-corrected chi connectivity index (χ2v) is 12.3. The average molecular weight is 601 g/mol. The standard InChI is InChI=1S/C38H32N8/c1-43-24-45(36-34(43)39-17-19-41-36)28-11-7-9-26(21-28)23-38(32-15-5-3-13-30(32)31-14-4-6-16-33(31)38)27-10-8-12-29(22-27)46-25-44(2)35-37(46)42-20-18-40-35/h3-22H,23-25H2,1-2H3. The lowest BCUT2D eigenvalue weighted by Crippen LogP contribution is -2.31. The van der Waals surface area contributed by atoms with E-state index >= 15 is 0 Å². The first kappa shape index (κ1) is 26.6. The van der Waals surface area contributed by atoms with Crippen molar-refractivity contribution in [3.63, 3.8) is 0 Å². The van der Waals surface area contributed by atoms with E-state index in [1.54, 1.807) is 24.8 Å². The van der Waals surface area contributed by atoms with Crippen molar-refractivity contribution in [1.82, 2.24) is 19.9 Å². The number of fused-ring (bicyclic) bond motifs is 5. The highest BCUT2D eigenvalue weighted by molar-refractivity contribution is 5.85. The van der Waals surface area contributed by atoms with E-state index in [2.05, 4.69) is 141 Å². The quantitative estimate of drug-likeness (QED) is 0.212. The Balaban J connectivity index is 1.20. The fraction of sp³-hybridized carbons (Fsp3) is 0.158.